The Morgan fingerprint density at radius 2 is 2.04 bits per heavy atom. The molecule has 4 rings (SSSR count). The van der Waals surface area contributed by atoms with E-state index in [-0.39, 0.29) is 17.2 Å². The summed E-state index contributed by atoms with van der Waals surface area (Å²) in [6.45, 7) is 0.395. The van der Waals surface area contributed by atoms with Crippen LogP contribution in [0, 0.1) is 0 Å². The molecule has 0 aromatic carbocycles. The number of aromatic nitrogens is 6. The van der Waals surface area contributed by atoms with E-state index in [2.05, 4.69) is 20.2 Å². The lowest BCUT2D eigenvalue weighted by Crippen LogP contribution is -2.24. The number of rotatable bonds is 4. The van der Waals surface area contributed by atoms with E-state index in [1.807, 2.05) is 31.5 Å². The third-order valence-corrected chi connectivity index (χ3v) is 4.37. The molecule has 1 aliphatic carbocycles. The van der Waals surface area contributed by atoms with Crippen LogP contribution in [0.1, 0.15) is 18.2 Å². The van der Waals surface area contributed by atoms with E-state index < -0.39 is 0 Å². The predicted molar refractivity (Wildman–Crippen MR) is 99.0 cm³/mol. The van der Waals surface area contributed by atoms with Crippen LogP contribution >= 0.6 is 0 Å². The average Bonchev–Trinajstić information content (AvgIpc) is 3.11. The van der Waals surface area contributed by atoms with Crippen molar-refractivity contribution >= 4 is 0 Å². The highest BCUT2D eigenvalue weighted by atomic mass is 16.3. The molecule has 8 nitrogen and oxygen atoms in total. The van der Waals surface area contributed by atoms with Gasteiger partial charge in [0, 0.05) is 30.8 Å². The molecule has 0 bridgehead atoms. The van der Waals surface area contributed by atoms with Gasteiger partial charge in [-0.3, -0.25) is 9.48 Å². The molecular formula is C19H18N6O2. The molecule has 3 heterocycles. The zero-order valence-electron chi connectivity index (χ0n) is 14.7. The summed E-state index contributed by atoms with van der Waals surface area (Å²) in [4.78, 5) is 20.6. The average molecular weight is 362 g/mol. The van der Waals surface area contributed by atoms with E-state index in [4.69, 9.17) is 0 Å². The van der Waals surface area contributed by atoms with Gasteiger partial charge in [0.25, 0.3) is 5.56 Å². The smallest absolute Gasteiger partial charge is 0.267 e. The molecule has 0 saturated heterocycles. The largest absolute Gasteiger partial charge is 0.505 e. The zero-order chi connectivity index (χ0) is 18.8. The lowest BCUT2D eigenvalue weighted by atomic mass is 9.93. The first kappa shape index (κ1) is 16.9. The highest BCUT2D eigenvalue weighted by molar-refractivity contribution is 5.55. The topological polar surface area (TPSA) is 98.7 Å². The van der Waals surface area contributed by atoms with Crippen LogP contribution in [0.3, 0.4) is 0 Å². The maximum atomic E-state index is 12.3. The van der Waals surface area contributed by atoms with Gasteiger partial charge < -0.3 is 5.11 Å². The summed E-state index contributed by atoms with van der Waals surface area (Å²) < 4.78 is 3.16. The van der Waals surface area contributed by atoms with E-state index >= 15 is 0 Å². The minimum Gasteiger partial charge on any atom is -0.505 e. The Morgan fingerprint density at radius 3 is 2.78 bits per heavy atom. The Labute approximate surface area is 155 Å². The summed E-state index contributed by atoms with van der Waals surface area (Å²) in [5.41, 5.74) is 2.46. The fraction of sp³-hybridized carbons (Fsp3) is 0.211. The van der Waals surface area contributed by atoms with Gasteiger partial charge in [-0.15, -0.1) is 0 Å². The first-order valence-electron chi connectivity index (χ1n) is 8.53. The third kappa shape index (κ3) is 3.69. The van der Waals surface area contributed by atoms with E-state index in [9.17, 15) is 9.90 Å². The van der Waals surface area contributed by atoms with E-state index in [1.54, 1.807) is 16.9 Å². The van der Waals surface area contributed by atoms with Gasteiger partial charge in [0.05, 0.1) is 30.8 Å². The molecule has 1 aliphatic rings. The monoisotopic (exact) mass is 362 g/mol. The molecule has 1 unspecified atom stereocenters. The molecule has 1 atom stereocenters. The summed E-state index contributed by atoms with van der Waals surface area (Å²) in [6.07, 6.45) is 13.0. The van der Waals surface area contributed by atoms with Gasteiger partial charge >= 0.3 is 0 Å². The Bertz CT molecular complexity index is 1080. The molecule has 8 heteroatoms. The summed E-state index contributed by atoms with van der Waals surface area (Å²) in [5.74, 6) is 0.680. The Hall–Kier alpha value is -3.55. The van der Waals surface area contributed by atoms with Crippen LogP contribution in [0.15, 0.2) is 65.5 Å². The van der Waals surface area contributed by atoms with Crippen molar-refractivity contribution in [3.05, 3.63) is 76.9 Å². The zero-order valence-corrected chi connectivity index (χ0v) is 14.7. The molecule has 136 valence electrons. The minimum atomic E-state index is -0.157. The molecule has 3 aromatic rings. The van der Waals surface area contributed by atoms with Crippen LogP contribution in [-0.2, 0) is 13.6 Å². The standard InChI is InChI=1S/C19H18N6O2/c1-24-12-15(8-22-24)17-5-6-18(27)25(23-17)11-13-3-2-4-14(7-13)19-20-9-16(26)10-21-19/h2-6,8-10,12,14,26H,7,11H2,1H3. The lowest BCUT2D eigenvalue weighted by Gasteiger charge is -2.18. The molecule has 0 aliphatic heterocycles. The molecule has 0 saturated carbocycles. The van der Waals surface area contributed by atoms with Crippen LogP contribution in [0.4, 0.5) is 0 Å². The second-order valence-electron chi connectivity index (χ2n) is 6.44. The fourth-order valence-electron chi connectivity index (χ4n) is 3.02. The summed E-state index contributed by atoms with van der Waals surface area (Å²) in [5, 5.41) is 18.0. The van der Waals surface area contributed by atoms with E-state index in [1.165, 1.54) is 23.1 Å². The summed E-state index contributed by atoms with van der Waals surface area (Å²) in [6, 6.07) is 3.23. The first-order chi connectivity index (χ1) is 13.1. The number of allylic oxidation sites excluding steroid dienone is 4. The van der Waals surface area contributed by atoms with Gasteiger partial charge in [0.1, 0.15) is 5.82 Å². The summed E-state index contributed by atoms with van der Waals surface area (Å²) >= 11 is 0. The first-order valence-corrected chi connectivity index (χ1v) is 8.53. The van der Waals surface area contributed by atoms with Crippen molar-refractivity contribution in [1.29, 1.82) is 0 Å². The van der Waals surface area contributed by atoms with Crippen molar-refractivity contribution in [3.63, 3.8) is 0 Å². The minimum absolute atomic E-state index is 0.00260. The third-order valence-electron chi connectivity index (χ3n) is 4.37. The van der Waals surface area contributed by atoms with Crippen molar-refractivity contribution in [2.75, 3.05) is 0 Å². The molecule has 0 radical (unpaired) electrons. The quantitative estimate of drug-likeness (QED) is 0.760. The molecule has 0 amide bonds. The maximum Gasteiger partial charge on any atom is 0.267 e. The van der Waals surface area contributed by atoms with Gasteiger partial charge in [-0.25, -0.2) is 14.6 Å². The molecule has 0 spiro atoms. The van der Waals surface area contributed by atoms with Crippen LogP contribution < -0.4 is 5.56 Å². The number of aryl methyl sites for hydroxylation is 1. The van der Waals surface area contributed by atoms with E-state index in [0.29, 0.717) is 24.5 Å². The summed E-state index contributed by atoms with van der Waals surface area (Å²) in [7, 11) is 1.84. The molecular weight excluding hydrogens is 344 g/mol. The maximum absolute atomic E-state index is 12.3. The van der Waals surface area contributed by atoms with Crippen LogP contribution in [0.2, 0.25) is 0 Å². The lowest BCUT2D eigenvalue weighted by molar-refractivity contribution is 0.467. The highest BCUT2D eigenvalue weighted by Crippen LogP contribution is 2.27. The normalized spacial score (nSPS) is 16.3. The van der Waals surface area contributed by atoms with Crippen molar-refractivity contribution in [3.8, 4) is 17.0 Å². The Morgan fingerprint density at radius 1 is 1.22 bits per heavy atom. The van der Waals surface area contributed by atoms with Gasteiger partial charge in [-0.1, -0.05) is 18.2 Å². The highest BCUT2D eigenvalue weighted by Gasteiger charge is 2.17. The molecule has 0 fully saturated rings. The van der Waals surface area contributed by atoms with Crippen LogP contribution in [-0.4, -0.2) is 34.6 Å². The SMILES string of the molecule is Cn1cc(-c2ccc(=O)n(CC3=CC=CC(c4ncc(O)cn4)C3)n2)cn1. The van der Waals surface area contributed by atoms with Crippen LogP contribution in [0.25, 0.3) is 11.3 Å². The molecule has 27 heavy (non-hydrogen) atoms. The Balaban J connectivity index is 1.55. The molecule has 1 N–H and O–H groups in total. The van der Waals surface area contributed by atoms with E-state index in [0.717, 1.165) is 11.1 Å². The predicted octanol–water partition coefficient (Wildman–Crippen LogP) is 1.81. The van der Waals surface area contributed by atoms with Gasteiger partial charge in [-0.2, -0.15) is 10.2 Å². The van der Waals surface area contributed by atoms with Gasteiger partial charge in [0.15, 0.2) is 5.75 Å². The number of hydrogen-bond acceptors (Lipinski definition) is 6. The van der Waals surface area contributed by atoms with Crippen molar-refractivity contribution in [2.45, 2.75) is 18.9 Å². The number of hydrogen-bond donors (Lipinski definition) is 1. The van der Waals surface area contributed by atoms with Gasteiger partial charge in [-0.05, 0) is 18.1 Å². The molecule has 3 aromatic heterocycles. The Kier molecular flexibility index (Phi) is 4.37. The van der Waals surface area contributed by atoms with Crippen molar-refractivity contribution in [1.82, 2.24) is 29.5 Å². The van der Waals surface area contributed by atoms with Crippen molar-refractivity contribution in [2.24, 2.45) is 7.05 Å². The van der Waals surface area contributed by atoms with Crippen molar-refractivity contribution < 1.29 is 5.11 Å². The second kappa shape index (κ2) is 6.99. The fourth-order valence-corrected chi connectivity index (χ4v) is 3.02. The number of nitrogens with zero attached hydrogens (tertiary/aromatic N) is 6. The number of aromatic hydroxyl groups is 1. The van der Waals surface area contributed by atoms with Gasteiger partial charge in [0.2, 0.25) is 0 Å². The second-order valence-corrected chi connectivity index (χ2v) is 6.44. The van der Waals surface area contributed by atoms with Crippen LogP contribution in [0.5, 0.6) is 5.75 Å².